The number of carbonyl (C=O) groups is 1. The fourth-order valence-corrected chi connectivity index (χ4v) is 5.92. The van der Waals surface area contributed by atoms with Crippen molar-refractivity contribution >= 4 is 23.5 Å². The third-order valence-corrected chi connectivity index (χ3v) is 11.8. The Labute approximate surface area is 280 Å². The van der Waals surface area contributed by atoms with E-state index in [-0.39, 0.29) is 39.9 Å². The molecule has 3 aliphatic heterocycles. The van der Waals surface area contributed by atoms with Crippen LogP contribution in [0, 0.1) is 15.6 Å². The minimum absolute atomic E-state index is 0.00863. The highest BCUT2D eigenvalue weighted by Crippen LogP contribution is 2.41. The van der Waals surface area contributed by atoms with Crippen molar-refractivity contribution in [3.63, 3.8) is 0 Å². The topological polar surface area (TPSA) is 175 Å². The van der Waals surface area contributed by atoms with Crippen molar-refractivity contribution in [3.8, 4) is 5.75 Å². The van der Waals surface area contributed by atoms with Crippen LogP contribution in [0.1, 0.15) is 110 Å². The van der Waals surface area contributed by atoms with E-state index < -0.39 is 39.2 Å². The molecule has 14 nitrogen and oxygen atoms in total. The van der Waals surface area contributed by atoms with Gasteiger partial charge in [0.15, 0.2) is 16.6 Å². The van der Waals surface area contributed by atoms with Crippen molar-refractivity contribution < 1.29 is 39.4 Å². The zero-order chi connectivity index (χ0) is 36.3. The predicted molar refractivity (Wildman–Crippen MR) is 176 cm³/mol. The van der Waals surface area contributed by atoms with E-state index in [1.165, 1.54) is 42.5 Å². The maximum atomic E-state index is 13.8. The standard InChI is InChI=1S/C34H46N6O8/c1-29(2)30(3,4)36(43)25(35(29)42)20-13-15-21(16-14-20)28(41)48-24-18-17-22(26-37(44)31(5,6)32(7,8)38(26)45)19-23(24)27-39(46)33(9,10)34(11,12)40(27)47/h13-19,42,44,46H,1-12H3. The number of rotatable bonds is 5. The van der Waals surface area contributed by atoms with Gasteiger partial charge in [-0.25, -0.2) is 20.4 Å². The Morgan fingerprint density at radius 1 is 0.583 bits per heavy atom. The number of carbonyl (C=O) groups excluding carboxylic acids is 1. The minimum atomic E-state index is -1.14. The van der Waals surface area contributed by atoms with Gasteiger partial charge in [-0.05, 0) is 126 Å². The first-order valence-corrected chi connectivity index (χ1v) is 15.8. The Bertz CT molecular complexity index is 1800. The Morgan fingerprint density at radius 2 is 0.938 bits per heavy atom. The van der Waals surface area contributed by atoms with Crippen LogP contribution in [0.4, 0.5) is 0 Å². The summed E-state index contributed by atoms with van der Waals surface area (Å²) in [7, 11) is 0. The molecule has 3 heterocycles. The summed E-state index contributed by atoms with van der Waals surface area (Å²) in [4.78, 5) is 13.5. The maximum Gasteiger partial charge on any atom is 0.343 e. The van der Waals surface area contributed by atoms with Crippen molar-refractivity contribution in [2.75, 3.05) is 0 Å². The van der Waals surface area contributed by atoms with E-state index in [2.05, 4.69) is 0 Å². The normalized spacial score (nSPS) is 23.4. The minimum Gasteiger partial charge on any atom is -0.714 e. The van der Waals surface area contributed by atoms with E-state index in [1.54, 1.807) is 83.1 Å². The number of hydroxylamine groups is 9. The molecule has 3 N–H and O–H groups in total. The molecule has 0 radical (unpaired) electrons. The van der Waals surface area contributed by atoms with Crippen LogP contribution in [0.25, 0.3) is 0 Å². The van der Waals surface area contributed by atoms with E-state index >= 15 is 0 Å². The lowest BCUT2D eigenvalue weighted by Crippen LogP contribution is -2.53. The van der Waals surface area contributed by atoms with Crippen molar-refractivity contribution in [2.45, 2.75) is 116 Å². The van der Waals surface area contributed by atoms with Gasteiger partial charge in [0.1, 0.15) is 27.9 Å². The zero-order valence-electron chi connectivity index (χ0n) is 29.6. The lowest BCUT2D eigenvalue weighted by atomic mass is 9.84. The second kappa shape index (κ2) is 10.3. The van der Waals surface area contributed by atoms with Crippen LogP contribution in [0.15, 0.2) is 42.5 Å². The highest BCUT2D eigenvalue weighted by Gasteiger charge is 2.61. The van der Waals surface area contributed by atoms with Gasteiger partial charge in [-0.15, -0.1) is 15.2 Å². The molecule has 2 aromatic carbocycles. The van der Waals surface area contributed by atoms with E-state index in [1.807, 2.05) is 0 Å². The maximum absolute atomic E-state index is 13.8. The van der Waals surface area contributed by atoms with E-state index in [0.717, 1.165) is 19.9 Å². The van der Waals surface area contributed by atoms with E-state index in [9.17, 15) is 36.0 Å². The van der Waals surface area contributed by atoms with Crippen molar-refractivity contribution in [3.05, 3.63) is 80.3 Å². The molecule has 0 fully saturated rings. The van der Waals surface area contributed by atoms with Crippen LogP contribution in [0.5, 0.6) is 5.75 Å². The van der Waals surface area contributed by atoms with Crippen LogP contribution in [-0.4, -0.2) is 102 Å². The predicted octanol–water partition coefficient (Wildman–Crippen LogP) is 4.46. The van der Waals surface area contributed by atoms with Crippen LogP contribution in [0.2, 0.25) is 0 Å². The lowest BCUT2D eigenvalue weighted by molar-refractivity contribution is -0.539. The molecular weight excluding hydrogens is 620 g/mol. The van der Waals surface area contributed by atoms with Crippen LogP contribution in [-0.2, 0) is 0 Å². The van der Waals surface area contributed by atoms with Crippen molar-refractivity contribution in [1.82, 2.24) is 15.2 Å². The second-order valence-corrected chi connectivity index (χ2v) is 15.8. The molecule has 0 aliphatic carbocycles. The summed E-state index contributed by atoms with van der Waals surface area (Å²) in [5, 5.41) is 76.4. The van der Waals surface area contributed by atoms with Crippen molar-refractivity contribution in [1.29, 1.82) is 0 Å². The summed E-state index contributed by atoms with van der Waals surface area (Å²) < 4.78 is 7.89. The number of esters is 1. The average molecular weight is 667 g/mol. The number of hydrogen-bond acceptors (Lipinski definition) is 11. The summed E-state index contributed by atoms with van der Waals surface area (Å²) in [5.41, 5.74) is -5.43. The number of benzene rings is 2. The summed E-state index contributed by atoms with van der Waals surface area (Å²) in [6.07, 6.45) is 0. The zero-order valence-corrected chi connectivity index (χ0v) is 29.6. The van der Waals surface area contributed by atoms with Gasteiger partial charge in [-0.2, -0.15) is 0 Å². The lowest BCUT2D eigenvalue weighted by Gasteiger charge is -2.33. The third kappa shape index (κ3) is 4.35. The quantitative estimate of drug-likeness (QED) is 0.178. The van der Waals surface area contributed by atoms with Gasteiger partial charge in [0.25, 0.3) is 0 Å². The fourth-order valence-electron chi connectivity index (χ4n) is 5.92. The van der Waals surface area contributed by atoms with Gasteiger partial charge < -0.3 is 20.4 Å². The number of nitrogens with zero attached hydrogens (tertiary/aromatic N) is 6. The van der Waals surface area contributed by atoms with Gasteiger partial charge in [-0.3, -0.25) is 14.2 Å². The van der Waals surface area contributed by atoms with Gasteiger partial charge in [-0.1, -0.05) is 0 Å². The molecule has 5 rings (SSSR count). The Kier molecular flexibility index (Phi) is 7.49. The first kappa shape index (κ1) is 34.9. The van der Waals surface area contributed by atoms with Gasteiger partial charge >= 0.3 is 23.5 Å². The number of hydrogen-bond donors (Lipinski definition) is 3. The van der Waals surface area contributed by atoms with Gasteiger partial charge in [0.05, 0.1) is 16.7 Å². The molecule has 260 valence electrons. The van der Waals surface area contributed by atoms with Crippen LogP contribution >= 0.6 is 0 Å². The summed E-state index contributed by atoms with van der Waals surface area (Å²) in [6, 6.07) is 10.2. The Hall–Kier alpha value is -4.40. The highest BCUT2D eigenvalue weighted by molar-refractivity contribution is 6.04. The van der Waals surface area contributed by atoms with Gasteiger partial charge in [0.2, 0.25) is 0 Å². The number of ether oxygens (including phenoxy) is 1. The molecule has 0 bridgehead atoms. The van der Waals surface area contributed by atoms with Crippen LogP contribution < -0.4 is 4.74 Å². The molecule has 0 unspecified atom stereocenters. The monoisotopic (exact) mass is 666 g/mol. The second-order valence-electron chi connectivity index (χ2n) is 15.8. The molecule has 3 aliphatic rings. The molecule has 0 aromatic heterocycles. The smallest absolute Gasteiger partial charge is 0.343 e. The highest BCUT2D eigenvalue weighted by atomic mass is 16.6. The molecule has 0 saturated heterocycles. The molecule has 2 aromatic rings. The average Bonchev–Trinajstić information content (AvgIpc) is 3.27. The summed E-state index contributed by atoms with van der Waals surface area (Å²) >= 11 is 0. The largest absolute Gasteiger partial charge is 0.714 e. The summed E-state index contributed by atoms with van der Waals surface area (Å²) in [6.45, 7) is 20.5. The Balaban J connectivity index is 1.58. The third-order valence-electron chi connectivity index (χ3n) is 11.8. The van der Waals surface area contributed by atoms with Gasteiger partial charge in [0, 0.05) is 0 Å². The first-order chi connectivity index (χ1) is 21.8. The molecule has 0 saturated carbocycles. The fraction of sp³-hybridized carbons (Fsp3) is 0.529. The van der Waals surface area contributed by atoms with E-state index in [0.29, 0.717) is 15.0 Å². The van der Waals surface area contributed by atoms with Crippen molar-refractivity contribution in [2.24, 2.45) is 0 Å². The number of amidine groups is 3. The molecular formula is C34H46N6O8. The van der Waals surface area contributed by atoms with Crippen LogP contribution in [0.3, 0.4) is 0 Å². The van der Waals surface area contributed by atoms with E-state index in [4.69, 9.17) is 4.74 Å². The first-order valence-electron chi connectivity index (χ1n) is 15.8. The molecule has 14 heteroatoms. The molecule has 0 spiro atoms. The summed E-state index contributed by atoms with van der Waals surface area (Å²) in [5.74, 6) is -1.16. The molecule has 0 amide bonds. The Morgan fingerprint density at radius 3 is 1.31 bits per heavy atom. The molecule has 48 heavy (non-hydrogen) atoms. The molecule has 0 atom stereocenters. The SMILES string of the molecule is CC1(C)N(O)C(c2ccc(C(=O)Oc3ccc(C4=[N+]([O-])C(C)(C)C(C)(C)N4O)cc3C3=[N+]([O-])C(C)(C)C(C)(C)N3O)cc2)=[N+]([O-])C1(C)C.